The maximum atomic E-state index is 12.5. The van der Waals surface area contributed by atoms with E-state index in [9.17, 15) is 18.3 Å². The van der Waals surface area contributed by atoms with Gasteiger partial charge in [-0.25, -0.2) is 18.1 Å². The average Bonchev–Trinajstić information content (AvgIpc) is 2.85. The average molecular weight is 418 g/mol. The molecule has 0 saturated heterocycles. The van der Waals surface area contributed by atoms with Crippen LogP contribution in [-0.2, 0) is 14.8 Å². The number of carbonyl (C=O) groups excluding carboxylic acids is 1. The minimum Gasteiger partial charge on any atom is -0.389 e. The lowest BCUT2D eigenvalue weighted by atomic mass is 10.1. The first kappa shape index (κ1) is 20.8. The van der Waals surface area contributed by atoms with E-state index in [0.29, 0.717) is 16.4 Å². The van der Waals surface area contributed by atoms with Gasteiger partial charge in [0.1, 0.15) is 4.90 Å². The molecule has 0 atom stereocenters. The van der Waals surface area contributed by atoms with Gasteiger partial charge >= 0.3 is 0 Å². The lowest BCUT2D eigenvalue weighted by Gasteiger charge is -2.18. The summed E-state index contributed by atoms with van der Waals surface area (Å²) in [4.78, 5) is 16.1. The molecule has 3 N–H and O–H groups in total. The molecule has 10 heteroatoms. The Balaban J connectivity index is 2.41. The van der Waals surface area contributed by atoms with Crippen molar-refractivity contribution in [2.75, 3.05) is 11.9 Å². The molecule has 2 aromatic rings. The number of nitrogens with one attached hydrogen (secondary N) is 2. The summed E-state index contributed by atoms with van der Waals surface area (Å²) in [5.74, 6) is -0.236. The monoisotopic (exact) mass is 417 g/mol. The summed E-state index contributed by atoms with van der Waals surface area (Å²) in [6, 6.07) is 4.63. The normalized spacial score (nSPS) is 12.2. The zero-order valence-corrected chi connectivity index (χ0v) is 17.1. The number of aromatic nitrogens is 1. The van der Waals surface area contributed by atoms with E-state index in [1.54, 1.807) is 13.0 Å². The molecule has 0 unspecified atom stereocenters. The van der Waals surface area contributed by atoms with Crippen molar-refractivity contribution in [2.45, 2.75) is 38.2 Å². The topological polar surface area (TPSA) is 108 Å². The first-order chi connectivity index (χ1) is 11.9. The Hall–Kier alpha value is -1.52. The molecule has 0 aliphatic carbocycles. The molecule has 0 aliphatic heterocycles. The molecule has 0 saturated carbocycles. The number of hydrogen-bond acceptors (Lipinski definition) is 6. The van der Waals surface area contributed by atoms with Crippen molar-refractivity contribution in [3.8, 4) is 10.4 Å². The van der Waals surface area contributed by atoms with Gasteiger partial charge in [-0.05, 0) is 38.5 Å². The number of aliphatic hydroxyl groups is 1. The minimum atomic E-state index is -3.91. The lowest BCUT2D eigenvalue weighted by molar-refractivity contribution is -0.114. The van der Waals surface area contributed by atoms with Crippen molar-refractivity contribution in [3.05, 3.63) is 28.9 Å². The van der Waals surface area contributed by atoms with Crippen LogP contribution < -0.4 is 10.0 Å². The van der Waals surface area contributed by atoms with Crippen molar-refractivity contribution in [3.63, 3.8) is 0 Å². The van der Waals surface area contributed by atoms with E-state index in [2.05, 4.69) is 15.0 Å². The number of amides is 1. The van der Waals surface area contributed by atoms with Gasteiger partial charge in [0.15, 0.2) is 5.13 Å². The number of halogens is 1. The van der Waals surface area contributed by atoms with E-state index < -0.39 is 15.6 Å². The number of thiazole rings is 1. The molecule has 26 heavy (non-hydrogen) atoms. The third kappa shape index (κ3) is 5.24. The number of sulfonamides is 1. The predicted molar refractivity (Wildman–Crippen MR) is 103 cm³/mol. The van der Waals surface area contributed by atoms with Crippen molar-refractivity contribution < 1.29 is 18.3 Å². The van der Waals surface area contributed by atoms with Crippen LogP contribution in [0.3, 0.4) is 0 Å². The molecule has 0 bridgehead atoms. The Labute approximate surface area is 161 Å². The molecular weight excluding hydrogens is 398 g/mol. The van der Waals surface area contributed by atoms with E-state index in [1.165, 1.54) is 44.2 Å². The zero-order valence-electron chi connectivity index (χ0n) is 14.8. The van der Waals surface area contributed by atoms with Crippen LogP contribution in [0.15, 0.2) is 23.1 Å². The van der Waals surface area contributed by atoms with Crippen LogP contribution in [0.25, 0.3) is 10.4 Å². The Kier molecular flexibility index (Phi) is 6.09. The molecule has 0 fully saturated rings. The van der Waals surface area contributed by atoms with Crippen LogP contribution in [0.2, 0.25) is 5.02 Å². The molecule has 7 nitrogen and oxygen atoms in total. The maximum Gasteiger partial charge on any atom is 0.242 e. The molecule has 1 aromatic heterocycles. The number of anilines is 1. The zero-order chi connectivity index (χ0) is 19.7. The highest BCUT2D eigenvalue weighted by atomic mass is 35.5. The largest absolute Gasteiger partial charge is 0.389 e. The third-order valence-corrected chi connectivity index (χ3v) is 6.26. The highest BCUT2D eigenvalue weighted by Crippen LogP contribution is 2.35. The van der Waals surface area contributed by atoms with Gasteiger partial charge in [0.05, 0.1) is 21.2 Å². The number of rotatable bonds is 6. The second kappa shape index (κ2) is 7.61. The van der Waals surface area contributed by atoms with Gasteiger partial charge in [-0.2, -0.15) is 0 Å². The first-order valence-corrected chi connectivity index (χ1v) is 10.3. The van der Waals surface area contributed by atoms with Crippen LogP contribution >= 0.6 is 22.9 Å². The van der Waals surface area contributed by atoms with E-state index in [0.717, 1.165) is 4.88 Å². The van der Waals surface area contributed by atoms with Gasteiger partial charge in [0, 0.05) is 13.5 Å². The van der Waals surface area contributed by atoms with Crippen LogP contribution in [0.5, 0.6) is 0 Å². The SMILES string of the molecule is CC(=O)Nc1nc(C)c(-c2ccc(Cl)c(S(=O)(=O)NCC(C)(C)O)c2)s1. The summed E-state index contributed by atoms with van der Waals surface area (Å²) in [5.41, 5.74) is 0.0806. The fourth-order valence-corrected chi connectivity index (χ4v) is 4.80. The smallest absolute Gasteiger partial charge is 0.242 e. The summed E-state index contributed by atoms with van der Waals surface area (Å²) in [6.07, 6.45) is 0. The number of carbonyl (C=O) groups is 1. The Bertz CT molecular complexity index is 933. The summed E-state index contributed by atoms with van der Waals surface area (Å²) in [7, 11) is -3.91. The molecule has 1 aromatic carbocycles. The number of benzene rings is 1. The van der Waals surface area contributed by atoms with Gasteiger partial charge in [0.25, 0.3) is 0 Å². The minimum absolute atomic E-state index is 0.0706. The molecule has 0 aliphatic rings. The Morgan fingerprint density at radius 1 is 1.38 bits per heavy atom. The highest BCUT2D eigenvalue weighted by molar-refractivity contribution is 7.89. The molecule has 0 radical (unpaired) electrons. The van der Waals surface area contributed by atoms with E-state index in [4.69, 9.17) is 11.6 Å². The molecular formula is C16H20ClN3O4S2. The van der Waals surface area contributed by atoms with Crippen molar-refractivity contribution in [1.29, 1.82) is 0 Å². The van der Waals surface area contributed by atoms with E-state index in [1.807, 2.05) is 0 Å². The van der Waals surface area contributed by atoms with E-state index in [-0.39, 0.29) is 22.4 Å². The number of hydrogen-bond donors (Lipinski definition) is 3. The fraction of sp³-hybridized carbons (Fsp3) is 0.375. The van der Waals surface area contributed by atoms with Gasteiger partial charge in [-0.1, -0.05) is 29.0 Å². The Morgan fingerprint density at radius 3 is 2.62 bits per heavy atom. The van der Waals surface area contributed by atoms with Crippen LogP contribution in [0.4, 0.5) is 5.13 Å². The second-order valence-electron chi connectivity index (χ2n) is 6.40. The highest BCUT2D eigenvalue weighted by Gasteiger charge is 2.23. The summed E-state index contributed by atoms with van der Waals surface area (Å²) in [5, 5.41) is 12.9. The molecule has 1 heterocycles. The fourth-order valence-electron chi connectivity index (χ4n) is 2.07. The van der Waals surface area contributed by atoms with Crippen molar-refractivity contribution in [1.82, 2.24) is 9.71 Å². The van der Waals surface area contributed by atoms with Gasteiger partial charge in [-0.3, -0.25) is 4.79 Å². The molecule has 0 spiro atoms. The van der Waals surface area contributed by atoms with Gasteiger partial charge in [0.2, 0.25) is 15.9 Å². The quantitative estimate of drug-likeness (QED) is 0.669. The maximum absolute atomic E-state index is 12.5. The number of nitrogens with zero attached hydrogens (tertiary/aromatic N) is 1. The summed E-state index contributed by atoms with van der Waals surface area (Å²) < 4.78 is 27.4. The van der Waals surface area contributed by atoms with Crippen LogP contribution in [-0.4, -0.2) is 36.6 Å². The lowest BCUT2D eigenvalue weighted by Crippen LogP contribution is -2.38. The second-order valence-corrected chi connectivity index (χ2v) is 9.54. The predicted octanol–water partition coefficient (Wildman–Crippen LogP) is 2.78. The van der Waals surface area contributed by atoms with Gasteiger partial charge < -0.3 is 10.4 Å². The molecule has 2 rings (SSSR count). The third-order valence-electron chi connectivity index (χ3n) is 3.26. The summed E-state index contributed by atoms with van der Waals surface area (Å²) >= 11 is 7.32. The van der Waals surface area contributed by atoms with Crippen LogP contribution in [0, 0.1) is 6.92 Å². The first-order valence-electron chi connectivity index (χ1n) is 7.66. The summed E-state index contributed by atoms with van der Waals surface area (Å²) in [6.45, 7) is 6.00. The standard InChI is InChI=1S/C16H20ClN3O4S2/c1-9-14(25-15(19-9)20-10(2)21)11-5-6-12(17)13(7-11)26(23,24)18-8-16(3,4)22/h5-7,18,22H,8H2,1-4H3,(H,19,20,21). The number of aryl methyl sites for hydroxylation is 1. The molecule has 142 valence electrons. The van der Waals surface area contributed by atoms with E-state index >= 15 is 0 Å². The Morgan fingerprint density at radius 2 is 2.04 bits per heavy atom. The van der Waals surface area contributed by atoms with Crippen molar-refractivity contribution in [2.24, 2.45) is 0 Å². The molecule has 1 amide bonds. The van der Waals surface area contributed by atoms with Crippen molar-refractivity contribution >= 4 is 44.0 Å². The van der Waals surface area contributed by atoms with Crippen LogP contribution in [0.1, 0.15) is 26.5 Å². The van der Waals surface area contributed by atoms with Gasteiger partial charge in [-0.15, -0.1) is 0 Å².